The van der Waals surface area contributed by atoms with E-state index in [1.54, 1.807) is 10.7 Å². The van der Waals surface area contributed by atoms with Gasteiger partial charge < -0.3 is 5.32 Å². The minimum absolute atomic E-state index is 0.310. The first-order chi connectivity index (χ1) is 6.83. The molecule has 0 aliphatic heterocycles. The van der Waals surface area contributed by atoms with Crippen molar-refractivity contribution in [3.8, 4) is 0 Å². The van der Waals surface area contributed by atoms with Crippen LogP contribution < -0.4 is 5.32 Å². The molecule has 1 atom stereocenters. The van der Waals surface area contributed by atoms with Crippen molar-refractivity contribution in [3.05, 3.63) is 24.2 Å². The predicted molar refractivity (Wildman–Crippen MR) is 53.1 cm³/mol. The average Bonchev–Trinajstić information content (AvgIpc) is 2.61. The van der Waals surface area contributed by atoms with Gasteiger partial charge in [-0.3, -0.25) is 0 Å². The van der Waals surface area contributed by atoms with Crippen LogP contribution in [-0.4, -0.2) is 33.4 Å². The Morgan fingerprint density at radius 2 is 2.36 bits per heavy atom. The van der Waals surface area contributed by atoms with Gasteiger partial charge in [0.2, 0.25) is 0 Å². The predicted octanol–water partition coefficient (Wildman–Crippen LogP) is 0.447. The maximum Gasteiger partial charge on any atom is 0.177 e. The molecule has 0 aromatic carbocycles. The number of nitrogens with one attached hydrogen (secondary N) is 1. The highest BCUT2D eigenvalue weighted by Crippen LogP contribution is 2.11. The highest BCUT2D eigenvalue weighted by Gasteiger charge is 2.12. The molecule has 1 N–H and O–H groups in total. The van der Waals surface area contributed by atoms with E-state index in [0.29, 0.717) is 5.92 Å². The van der Waals surface area contributed by atoms with E-state index in [4.69, 9.17) is 0 Å². The Morgan fingerprint density at radius 1 is 1.50 bits per heavy atom. The summed E-state index contributed by atoms with van der Waals surface area (Å²) < 4.78 is 1.78. The van der Waals surface area contributed by atoms with Crippen molar-refractivity contribution >= 4 is 5.65 Å². The van der Waals surface area contributed by atoms with Crippen LogP contribution in [0.15, 0.2) is 18.3 Å². The third kappa shape index (κ3) is 1.46. The third-order valence-electron chi connectivity index (χ3n) is 2.15. The van der Waals surface area contributed by atoms with E-state index in [-0.39, 0.29) is 0 Å². The van der Waals surface area contributed by atoms with Crippen molar-refractivity contribution < 1.29 is 0 Å². The Balaban J connectivity index is 2.42. The molecule has 0 aliphatic rings. The van der Waals surface area contributed by atoms with Crippen molar-refractivity contribution in [2.24, 2.45) is 0 Å². The molecule has 5 heteroatoms. The maximum absolute atomic E-state index is 4.21. The van der Waals surface area contributed by atoms with Crippen LogP contribution in [0.1, 0.15) is 18.7 Å². The van der Waals surface area contributed by atoms with Crippen LogP contribution in [0.25, 0.3) is 5.65 Å². The molecule has 0 saturated carbocycles. The molecule has 0 fully saturated rings. The van der Waals surface area contributed by atoms with Gasteiger partial charge in [0.15, 0.2) is 11.5 Å². The van der Waals surface area contributed by atoms with Crippen LogP contribution in [-0.2, 0) is 0 Å². The van der Waals surface area contributed by atoms with Gasteiger partial charge in [-0.25, -0.2) is 0 Å². The highest BCUT2D eigenvalue weighted by molar-refractivity contribution is 5.35. The summed E-state index contributed by atoms with van der Waals surface area (Å²) in [7, 11) is 1.92. The van der Waals surface area contributed by atoms with E-state index in [1.165, 1.54) is 0 Å². The molecule has 2 aromatic heterocycles. The Labute approximate surface area is 82.2 Å². The quantitative estimate of drug-likeness (QED) is 0.765. The smallest absolute Gasteiger partial charge is 0.177 e. The fourth-order valence-electron chi connectivity index (χ4n) is 1.47. The Hall–Kier alpha value is -1.49. The van der Waals surface area contributed by atoms with Crippen LogP contribution in [0.4, 0.5) is 0 Å². The lowest BCUT2D eigenvalue weighted by Crippen LogP contribution is -2.17. The topological polar surface area (TPSA) is 55.1 Å². The van der Waals surface area contributed by atoms with Gasteiger partial charge in [-0.2, -0.15) is 9.61 Å². The molecule has 14 heavy (non-hydrogen) atoms. The zero-order chi connectivity index (χ0) is 9.97. The molecule has 2 rings (SSSR count). The van der Waals surface area contributed by atoms with E-state index in [2.05, 4.69) is 27.5 Å². The zero-order valence-electron chi connectivity index (χ0n) is 8.31. The maximum atomic E-state index is 4.21. The lowest BCUT2D eigenvalue weighted by Gasteiger charge is -2.06. The van der Waals surface area contributed by atoms with Crippen LogP contribution in [0.2, 0.25) is 0 Å². The minimum Gasteiger partial charge on any atom is -0.319 e. The Morgan fingerprint density at radius 3 is 3.14 bits per heavy atom. The molecule has 1 unspecified atom stereocenters. The van der Waals surface area contributed by atoms with Crippen LogP contribution in [0.3, 0.4) is 0 Å². The monoisotopic (exact) mass is 191 g/mol. The van der Waals surface area contributed by atoms with E-state index in [0.717, 1.165) is 18.0 Å². The number of aromatic nitrogens is 4. The summed E-state index contributed by atoms with van der Waals surface area (Å²) in [5.41, 5.74) is 0.797. The van der Waals surface area contributed by atoms with E-state index in [1.807, 2.05) is 19.2 Å². The molecule has 0 radical (unpaired) electrons. The lowest BCUT2D eigenvalue weighted by atomic mass is 10.2. The normalized spacial score (nSPS) is 13.3. The molecule has 0 saturated heterocycles. The first-order valence-corrected chi connectivity index (χ1v) is 4.64. The number of hydrogen-bond donors (Lipinski definition) is 1. The highest BCUT2D eigenvalue weighted by atomic mass is 15.4. The van der Waals surface area contributed by atoms with E-state index >= 15 is 0 Å². The number of likely N-dealkylation sites (N-methyl/N-ethyl adjacent to an activating group) is 1. The fraction of sp³-hybridized carbons (Fsp3) is 0.444. The van der Waals surface area contributed by atoms with Gasteiger partial charge in [-0.05, 0) is 19.2 Å². The van der Waals surface area contributed by atoms with Crippen molar-refractivity contribution in [1.82, 2.24) is 25.1 Å². The van der Waals surface area contributed by atoms with Crippen LogP contribution in [0.5, 0.6) is 0 Å². The van der Waals surface area contributed by atoms with Crippen molar-refractivity contribution in [1.29, 1.82) is 0 Å². The molecule has 5 nitrogen and oxygen atoms in total. The van der Waals surface area contributed by atoms with Gasteiger partial charge in [0.25, 0.3) is 0 Å². The zero-order valence-corrected chi connectivity index (χ0v) is 8.31. The Bertz CT molecular complexity index is 422. The van der Waals surface area contributed by atoms with Crippen LogP contribution >= 0.6 is 0 Å². The third-order valence-corrected chi connectivity index (χ3v) is 2.15. The average molecular weight is 191 g/mol. The molecular weight excluding hydrogens is 178 g/mol. The standard InChI is InChI=1S/C9H13N5/c1-7(6-10-2)9-13-12-8-4-3-5-11-14(8)9/h3-5,7,10H,6H2,1-2H3. The molecule has 74 valence electrons. The number of hydrogen-bond acceptors (Lipinski definition) is 4. The largest absolute Gasteiger partial charge is 0.319 e. The Kier molecular flexibility index (Phi) is 2.41. The minimum atomic E-state index is 0.310. The second-order valence-electron chi connectivity index (χ2n) is 3.31. The summed E-state index contributed by atoms with van der Waals surface area (Å²) in [6.07, 6.45) is 1.74. The molecule has 2 aromatic rings. The molecule has 0 aliphatic carbocycles. The molecule has 0 bridgehead atoms. The molecular formula is C9H13N5. The first kappa shape index (κ1) is 9.08. The summed E-state index contributed by atoms with van der Waals surface area (Å²) in [6.45, 7) is 2.97. The second kappa shape index (κ2) is 3.71. The van der Waals surface area contributed by atoms with Crippen LogP contribution in [0, 0.1) is 0 Å². The van der Waals surface area contributed by atoms with Gasteiger partial charge in [0, 0.05) is 18.7 Å². The number of rotatable bonds is 3. The molecule has 0 amide bonds. The summed E-state index contributed by atoms with van der Waals surface area (Å²) in [5.74, 6) is 1.21. The van der Waals surface area contributed by atoms with Gasteiger partial charge in [0.05, 0.1) is 0 Å². The first-order valence-electron chi connectivity index (χ1n) is 4.64. The fourth-order valence-corrected chi connectivity index (χ4v) is 1.47. The molecule has 0 spiro atoms. The van der Waals surface area contributed by atoms with Gasteiger partial charge in [-0.1, -0.05) is 6.92 Å². The van der Waals surface area contributed by atoms with Crippen molar-refractivity contribution in [2.75, 3.05) is 13.6 Å². The van der Waals surface area contributed by atoms with Gasteiger partial charge in [-0.15, -0.1) is 10.2 Å². The summed E-state index contributed by atoms with van der Waals surface area (Å²) in [6, 6.07) is 3.76. The van der Waals surface area contributed by atoms with E-state index in [9.17, 15) is 0 Å². The van der Waals surface area contributed by atoms with E-state index < -0.39 is 0 Å². The van der Waals surface area contributed by atoms with Crippen molar-refractivity contribution in [2.45, 2.75) is 12.8 Å². The van der Waals surface area contributed by atoms with Crippen molar-refractivity contribution in [3.63, 3.8) is 0 Å². The number of nitrogens with zero attached hydrogens (tertiary/aromatic N) is 4. The summed E-state index contributed by atoms with van der Waals surface area (Å²) in [4.78, 5) is 0. The lowest BCUT2D eigenvalue weighted by molar-refractivity contribution is 0.620. The summed E-state index contributed by atoms with van der Waals surface area (Å²) >= 11 is 0. The van der Waals surface area contributed by atoms with Gasteiger partial charge in [0.1, 0.15) is 0 Å². The SMILES string of the molecule is CNCC(C)c1nnc2cccnn12. The number of fused-ring (bicyclic) bond motifs is 1. The molecule has 2 heterocycles. The second-order valence-corrected chi connectivity index (χ2v) is 3.31. The summed E-state index contributed by atoms with van der Waals surface area (Å²) in [5, 5.41) is 15.5. The van der Waals surface area contributed by atoms with Gasteiger partial charge >= 0.3 is 0 Å².